The standard InChI is InChI=1S/C19H24N4OS/c1-13-6-2-4-8-15(13)21-18(24)12-25-19-22-16-9-5-3-7-14(16)17-10-11-20-23(17)19/h3,5,7,9,11,13,15,17H,2,4,6,8,10,12H2,1H3,(H,21,24)/t13-,15-,17-/m1/s1. The van der Waals surface area contributed by atoms with Gasteiger partial charge in [0, 0.05) is 24.2 Å². The average molecular weight is 356 g/mol. The van der Waals surface area contributed by atoms with Crippen LogP contribution in [0.3, 0.4) is 0 Å². The van der Waals surface area contributed by atoms with Gasteiger partial charge in [0.2, 0.25) is 5.91 Å². The number of para-hydroxylation sites is 1. The van der Waals surface area contributed by atoms with Gasteiger partial charge in [-0.1, -0.05) is 49.7 Å². The SMILES string of the molecule is C[C@@H]1CCCC[C@H]1NC(=O)CSC1=Nc2ccccc2[C@H]2CC=NN12. The number of hydrogen-bond acceptors (Lipinski definition) is 5. The topological polar surface area (TPSA) is 57.1 Å². The van der Waals surface area contributed by atoms with Gasteiger partial charge in [0.15, 0.2) is 5.17 Å². The Bertz CT molecular complexity index is 717. The molecule has 6 heteroatoms. The van der Waals surface area contributed by atoms with E-state index in [0.717, 1.165) is 23.7 Å². The summed E-state index contributed by atoms with van der Waals surface area (Å²) in [6, 6.07) is 8.75. The molecule has 25 heavy (non-hydrogen) atoms. The number of nitrogens with zero attached hydrogens (tertiary/aromatic N) is 3. The van der Waals surface area contributed by atoms with Crippen molar-refractivity contribution < 1.29 is 4.79 Å². The highest BCUT2D eigenvalue weighted by molar-refractivity contribution is 8.14. The van der Waals surface area contributed by atoms with Crippen LogP contribution in [-0.4, -0.2) is 34.1 Å². The van der Waals surface area contributed by atoms with Crippen LogP contribution in [0.5, 0.6) is 0 Å². The first-order chi connectivity index (χ1) is 12.2. The van der Waals surface area contributed by atoms with E-state index in [9.17, 15) is 4.79 Å². The van der Waals surface area contributed by atoms with Crippen molar-refractivity contribution in [2.75, 3.05) is 5.75 Å². The van der Waals surface area contributed by atoms with E-state index in [1.165, 1.54) is 36.6 Å². The third-order valence-electron chi connectivity index (χ3n) is 5.33. The Morgan fingerprint density at radius 3 is 3.04 bits per heavy atom. The quantitative estimate of drug-likeness (QED) is 0.895. The maximum Gasteiger partial charge on any atom is 0.230 e. The fraction of sp³-hybridized carbons (Fsp3) is 0.526. The lowest BCUT2D eigenvalue weighted by Gasteiger charge is -2.31. The number of amides is 1. The summed E-state index contributed by atoms with van der Waals surface area (Å²) >= 11 is 1.49. The number of nitrogens with one attached hydrogen (secondary N) is 1. The fourth-order valence-corrected chi connectivity index (χ4v) is 4.70. The van der Waals surface area contributed by atoms with E-state index in [4.69, 9.17) is 4.99 Å². The molecule has 1 fully saturated rings. The van der Waals surface area contributed by atoms with Crippen LogP contribution in [0.4, 0.5) is 5.69 Å². The van der Waals surface area contributed by atoms with Gasteiger partial charge in [-0.3, -0.25) is 4.79 Å². The highest BCUT2D eigenvalue weighted by Gasteiger charge is 2.33. The minimum atomic E-state index is 0.102. The van der Waals surface area contributed by atoms with Crippen molar-refractivity contribution in [3.05, 3.63) is 29.8 Å². The summed E-state index contributed by atoms with van der Waals surface area (Å²) in [5, 5.41) is 10.5. The molecule has 2 aliphatic heterocycles. The van der Waals surface area contributed by atoms with Crippen molar-refractivity contribution in [2.24, 2.45) is 16.0 Å². The molecule has 5 nitrogen and oxygen atoms in total. The second kappa shape index (κ2) is 7.20. The number of benzene rings is 1. The van der Waals surface area contributed by atoms with E-state index in [2.05, 4.69) is 23.4 Å². The summed E-state index contributed by atoms with van der Waals surface area (Å²) in [5.74, 6) is 1.07. The molecular formula is C19H24N4OS. The summed E-state index contributed by atoms with van der Waals surface area (Å²) in [5.41, 5.74) is 2.21. The Labute approximate surface area is 153 Å². The minimum absolute atomic E-state index is 0.102. The summed E-state index contributed by atoms with van der Waals surface area (Å²) < 4.78 is 0. The molecule has 0 bridgehead atoms. The molecule has 0 saturated heterocycles. The molecule has 1 aliphatic carbocycles. The van der Waals surface area contributed by atoms with Crippen LogP contribution in [0.25, 0.3) is 0 Å². The number of thioether (sulfide) groups is 1. The van der Waals surface area contributed by atoms with Crippen LogP contribution < -0.4 is 5.32 Å². The number of carbonyl (C=O) groups is 1. The number of hydrazone groups is 1. The maximum absolute atomic E-state index is 12.4. The summed E-state index contributed by atoms with van der Waals surface area (Å²) in [4.78, 5) is 17.1. The third-order valence-corrected chi connectivity index (χ3v) is 6.27. The van der Waals surface area contributed by atoms with Crippen molar-refractivity contribution in [3.8, 4) is 0 Å². The predicted molar refractivity (Wildman–Crippen MR) is 103 cm³/mol. The lowest BCUT2D eigenvalue weighted by molar-refractivity contribution is -0.119. The van der Waals surface area contributed by atoms with Crippen LogP contribution in [0, 0.1) is 5.92 Å². The van der Waals surface area contributed by atoms with Crippen molar-refractivity contribution in [1.29, 1.82) is 0 Å². The van der Waals surface area contributed by atoms with Crippen molar-refractivity contribution in [1.82, 2.24) is 10.3 Å². The molecule has 0 spiro atoms. The molecule has 1 amide bonds. The van der Waals surface area contributed by atoms with Gasteiger partial charge in [0.05, 0.1) is 17.5 Å². The Kier molecular flexibility index (Phi) is 4.79. The number of hydrogen-bond donors (Lipinski definition) is 1. The monoisotopic (exact) mass is 356 g/mol. The van der Waals surface area contributed by atoms with E-state index >= 15 is 0 Å². The highest BCUT2D eigenvalue weighted by Crippen LogP contribution is 2.40. The molecule has 3 aliphatic rings. The Hall–Kier alpha value is -1.82. The van der Waals surface area contributed by atoms with Gasteiger partial charge >= 0.3 is 0 Å². The van der Waals surface area contributed by atoms with Crippen molar-refractivity contribution in [3.63, 3.8) is 0 Å². The number of rotatable bonds is 3. The van der Waals surface area contributed by atoms with Gasteiger partial charge in [0.1, 0.15) is 0 Å². The molecule has 132 valence electrons. The number of amidine groups is 1. The summed E-state index contributed by atoms with van der Waals surface area (Å²) in [7, 11) is 0. The highest BCUT2D eigenvalue weighted by atomic mass is 32.2. The fourth-order valence-electron chi connectivity index (χ4n) is 3.89. The van der Waals surface area contributed by atoms with Crippen LogP contribution in [0.15, 0.2) is 34.4 Å². The predicted octanol–water partition coefficient (Wildman–Crippen LogP) is 3.85. The summed E-state index contributed by atoms with van der Waals surface area (Å²) in [6.45, 7) is 2.24. The zero-order chi connectivity index (χ0) is 17.2. The first-order valence-electron chi connectivity index (χ1n) is 9.14. The number of aliphatic imine (C=N–C) groups is 1. The van der Waals surface area contributed by atoms with E-state index in [1.807, 2.05) is 29.4 Å². The van der Waals surface area contributed by atoms with E-state index < -0.39 is 0 Å². The van der Waals surface area contributed by atoms with Crippen LogP contribution in [0.2, 0.25) is 0 Å². The van der Waals surface area contributed by atoms with E-state index in [-0.39, 0.29) is 11.9 Å². The minimum Gasteiger partial charge on any atom is -0.352 e. The molecule has 0 aromatic heterocycles. The van der Waals surface area contributed by atoms with Gasteiger partial charge in [-0.25, -0.2) is 10.0 Å². The van der Waals surface area contributed by atoms with Crippen molar-refractivity contribution in [2.45, 2.75) is 51.1 Å². The molecule has 0 radical (unpaired) electrons. The smallest absolute Gasteiger partial charge is 0.230 e. The molecule has 1 saturated carbocycles. The Morgan fingerprint density at radius 1 is 1.32 bits per heavy atom. The molecule has 0 unspecified atom stereocenters. The molecular weight excluding hydrogens is 332 g/mol. The Balaban J connectivity index is 1.41. The van der Waals surface area contributed by atoms with Gasteiger partial charge < -0.3 is 5.32 Å². The second-order valence-electron chi connectivity index (χ2n) is 7.07. The lowest BCUT2D eigenvalue weighted by atomic mass is 9.86. The lowest BCUT2D eigenvalue weighted by Crippen LogP contribution is -2.42. The normalized spacial score (nSPS) is 27.5. The third kappa shape index (κ3) is 3.45. The van der Waals surface area contributed by atoms with Gasteiger partial charge in [-0.2, -0.15) is 5.10 Å². The largest absolute Gasteiger partial charge is 0.352 e. The molecule has 1 N–H and O–H groups in total. The molecule has 1 aromatic carbocycles. The zero-order valence-corrected chi connectivity index (χ0v) is 15.3. The maximum atomic E-state index is 12.4. The van der Waals surface area contributed by atoms with Gasteiger partial charge in [0.25, 0.3) is 0 Å². The zero-order valence-electron chi connectivity index (χ0n) is 14.5. The van der Waals surface area contributed by atoms with Crippen LogP contribution in [0.1, 0.15) is 50.6 Å². The second-order valence-corrected chi connectivity index (χ2v) is 8.01. The first kappa shape index (κ1) is 16.6. The van der Waals surface area contributed by atoms with Crippen LogP contribution in [-0.2, 0) is 4.79 Å². The summed E-state index contributed by atoms with van der Waals surface area (Å²) in [6.07, 6.45) is 7.65. The van der Waals surface area contributed by atoms with Gasteiger partial charge in [-0.15, -0.1) is 0 Å². The Morgan fingerprint density at radius 2 is 2.16 bits per heavy atom. The van der Waals surface area contributed by atoms with Crippen LogP contribution >= 0.6 is 11.8 Å². The number of carbonyl (C=O) groups excluding carboxylic acids is 1. The molecule has 1 aromatic rings. The van der Waals surface area contributed by atoms with Gasteiger partial charge in [-0.05, 0) is 24.8 Å². The average Bonchev–Trinajstić information content (AvgIpc) is 3.12. The first-order valence-corrected chi connectivity index (χ1v) is 10.1. The molecule has 3 atom stereocenters. The number of fused-ring (bicyclic) bond motifs is 3. The van der Waals surface area contributed by atoms with E-state index in [0.29, 0.717) is 17.7 Å². The molecule has 4 rings (SSSR count). The molecule has 2 heterocycles. The van der Waals surface area contributed by atoms with E-state index in [1.54, 1.807) is 0 Å². The van der Waals surface area contributed by atoms with Crippen molar-refractivity contribution >= 4 is 34.7 Å².